The minimum Gasteiger partial charge on any atom is -0.493 e. The molecule has 2 aromatic rings. The van der Waals surface area contributed by atoms with Crippen LogP contribution in [-0.4, -0.2) is 12.6 Å². The molecule has 110 valence electrons. The molecule has 21 heavy (non-hydrogen) atoms. The Kier molecular flexibility index (Phi) is 4.36. The molecule has 3 rings (SSSR count). The number of hydrogen-bond donors (Lipinski definition) is 2. The molecular formula is C16H16Cl2N2O. The van der Waals surface area contributed by atoms with Gasteiger partial charge in [-0.15, -0.1) is 0 Å². The molecule has 0 amide bonds. The third-order valence-corrected chi connectivity index (χ3v) is 4.63. The molecule has 0 aliphatic carbocycles. The van der Waals surface area contributed by atoms with Gasteiger partial charge in [0, 0.05) is 27.6 Å². The Bertz CT molecular complexity index is 628. The molecule has 1 heterocycles. The highest BCUT2D eigenvalue weighted by Gasteiger charge is 2.31. The molecule has 0 bridgehead atoms. The normalized spacial score (nSPS) is 18.1. The molecule has 2 aromatic carbocycles. The first-order valence-electron chi connectivity index (χ1n) is 6.81. The first kappa shape index (κ1) is 14.7. The van der Waals surface area contributed by atoms with Gasteiger partial charge in [0.2, 0.25) is 0 Å². The molecule has 0 saturated heterocycles. The van der Waals surface area contributed by atoms with E-state index in [2.05, 4.69) is 11.5 Å². The second kappa shape index (κ2) is 6.24. The summed E-state index contributed by atoms with van der Waals surface area (Å²) in [5, 5.41) is 1.32. The molecule has 3 nitrogen and oxygen atoms in total. The van der Waals surface area contributed by atoms with Crippen LogP contribution in [0.5, 0.6) is 5.75 Å². The minimum absolute atomic E-state index is 0.00560. The van der Waals surface area contributed by atoms with Gasteiger partial charge in [-0.25, -0.2) is 0 Å². The SMILES string of the molecule is NNC(Cc1c(Cl)cccc1Cl)C1COc2ccccc21. The molecule has 5 heteroatoms. The average Bonchev–Trinajstić information content (AvgIpc) is 2.91. The number of nitrogens with two attached hydrogens (primary N) is 1. The van der Waals surface area contributed by atoms with Crippen LogP contribution < -0.4 is 16.0 Å². The molecule has 2 unspecified atom stereocenters. The smallest absolute Gasteiger partial charge is 0.122 e. The summed E-state index contributed by atoms with van der Waals surface area (Å²) in [7, 11) is 0. The third-order valence-electron chi connectivity index (χ3n) is 3.92. The predicted molar refractivity (Wildman–Crippen MR) is 86.0 cm³/mol. The van der Waals surface area contributed by atoms with Crippen LogP contribution in [0.1, 0.15) is 17.0 Å². The maximum absolute atomic E-state index is 6.25. The molecule has 3 N–H and O–H groups in total. The summed E-state index contributed by atoms with van der Waals surface area (Å²) in [5.74, 6) is 6.87. The van der Waals surface area contributed by atoms with Crippen LogP contribution in [0.25, 0.3) is 0 Å². The maximum atomic E-state index is 6.25. The predicted octanol–water partition coefficient (Wildman–Crippen LogP) is 3.54. The summed E-state index contributed by atoms with van der Waals surface area (Å²) in [5.41, 5.74) is 4.97. The van der Waals surface area contributed by atoms with Gasteiger partial charge in [-0.05, 0) is 30.2 Å². The van der Waals surface area contributed by atoms with Crippen LogP contribution in [-0.2, 0) is 6.42 Å². The summed E-state index contributed by atoms with van der Waals surface area (Å²) in [6, 6.07) is 13.6. The zero-order valence-corrected chi connectivity index (χ0v) is 12.9. The van der Waals surface area contributed by atoms with E-state index in [1.54, 1.807) is 0 Å². The van der Waals surface area contributed by atoms with Crippen LogP contribution >= 0.6 is 23.2 Å². The summed E-state index contributed by atoms with van der Waals surface area (Å²) >= 11 is 12.5. The monoisotopic (exact) mass is 322 g/mol. The van der Waals surface area contributed by atoms with Crippen molar-refractivity contribution in [1.29, 1.82) is 0 Å². The number of nitrogens with one attached hydrogen (secondary N) is 1. The van der Waals surface area contributed by atoms with Crippen molar-refractivity contribution < 1.29 is 4.74 Å². The Hall–Kier alpha value is -1.26. The van der Waals surface area contributed by atoms with Gasteiger partial charge in [0.25, 0.3) is 0 Å². The van der Waals surface area contributed by atoms with E-state index in [0.717, 1.165) is 11.3 Å². The van der Waals surface area contributed by atoms with Crippen LogP contribution in [0.4, 0.5) is 0 Å². The second-order valence-corrected chi connectivity index (χ2v) is 5.95. The van der Waals surface area contributed by atoms with Gasteiger partial charge >= 0.3 is 0 Å². The van der Waals surface area contributed by atoms with Gasteiger partial charge in [-0.3, -0.25) is 11.3 Å². The van der Waals surface area contributed by atoms with Gasteiger partial charge in [-0.1, -0.05) is 47.5 Å². The van der Waals surface area contributed by atoms with Crippen LogP contribution in [0.2, 0.25) is 10.0 Å². The Morgan fingerprint density at radius 3 is 2.57 bits per heavy atom. The molecule has 1 aliphatic heterocycles. The Balaban J connectivity index is 1.87. The van der Waals surface area contributed by atoms with Gasteiger partial charge in [0.1, 0.15) is 5.75 Å². The Morgan fingerprint density at radius 1 is 1.14 bits per heavy atom. The lowest BCUT2D eigenvalue weighted by molar-refractivity contribution is 0.297. The lowest BCUT2D eigenvalue weighted by atomic mass is 9.89. The van der Waals surface area contributed by atoms with Crippen molar-refractivity contribution in [2.24, 2.45) is 5.84 Å². The highest BCUT2D eigenvalue weighted by molar-refractivity contribution is 6.36. The van der Waals surface area contributed by atoms with Crippen molar-refractivity contribution in [2.75, 3.05) is 6.61 Å². The number of halogens is 2. The largest absolute Gasteiger partial charge is 0.493 e. The summed E-state index contributed by atoms with van der Waals surface area (Å²) in [6.45, 7) is 0.607. The first-order chi connectivity index (χ1) is 10.2. The van der Waals surface area contributed by atoms with Crippen molar-refractivity contribution in [3.05, 3.63) is 63.6 Å². The second-order valence-electron chi connectivity index (χ2n) is 5.13. The molecular weight excluding hydrogens is 307 g/mol. The topological polar surface area (TPSA) is 47.3 Å². The van der Waals surface area contributed by atoms with E-state index < -0.39 is 0 Å². The zero-order valence-electron chi connectivity index (χ0n) is 11.4. The molecule has 0 fully saturated rings. The minimum atomic E-state index is 0.00560. The fourth-order valence-electron chi connectivity index (χ4n) is 2.79. The van der Waals surface area contributed by atoms with Gasteiger partial charge < -0.3 is 4.74 Å². The van der Waals surface area contributed by atoms with Crippen LogP contribution in [0.15, 0.2) is 42.5 Å². The van der Waals surface area contributed by atoms with Crippen molar-refractivity contribution in [2.45, 2.75) is 18.4 Å². The standard InChI is InChI=1S/C16H16Cl2N2O/c17-13-5-3-6-14(18)11(13)8-15(20-19)12-9-21-16-7-2-1-4-10(12)16/h1-7,12,15,20H,8-9,19H2. The highest BCUT2D eigenvalue weighted by Crippen LogP contribution is 2.37. The van der Waals surface area contributed by atoms with Crippen molar-refractivity contribution >= 4 is 23.2 Å². The van der Waals surface area contributed by atoms with Crippen molar-refractivity contribution in [1.82, 2.24) is 5.43 Å². The number of hydrazine groups is 1. The van der Waals surface area contributed by atoms with Gasteiger partial charge in [-0.2, -0.15) is 0 Å². The number of para-hydroxylation sites is 1. The van der Waals surface area contributed by atoms with E-state index in [1.165, 1.54) is 5.56 Å². The average molecular weight is 323 g/mol. The number of ether oxygens (including phenoxy) is 1. The summed E-state index contributed by atoms with van der Waals surface area (Å²) in [4.78, 5) is 0. The summed E-state index contributed by atoms with van der Waals surface area (Å²) < 4.78 is 5.73. The van der Waals surface area contributed by atoms with E-state index in [9.17, 15) is 0 Å². The lowest BCUT2D eigenvalue weighted by Crippen LogP contribution is -2.42. The fraction of sp³-hybridized carbons (Fsp3) is 0.250. The molecule has 2 atom stereocenters. The molecule has 0 aromatic heterocycles. The first-order valence-corrected chi connectivity index (χ1v) is 7.57. The Morgan fingerprint density at radius 2 is 1.86 bits per heavy atom. The van der Waals surface area contributed by atoms with E-state index in [1.807, 2.05) is 36.4 Å². The number of hydrogen-bond acceptors (Lipinski definition) is 3. The third kappa shape index (κ3) is 2.87. The molecule has 0 spiro atoms. The Labute approximate surface area is 134 Å². The zero-order chi connectivity index (χ0) is 14.8. The van der Waals surface area contributed by atoms with Crippen molar-refractivity contribution in [3.8, 4) is 5.75 Å². The number of fused-ring (bicyclic) bond motifs is 1. The molecule has 0 radical (unpaired) electrons. The van der Waals surface area contributed by atoms with Gasteiger partial charge in [0.15, 0.2) is 0 Å². The summed E-state index contributed by atoms with van der Waals surface area (Å²) in [6.07, 6.45) is 0.650. The molecule has 1 aliphatic rings. The van der Waals surface area contributed by atoms with Gasteiger partial charge in [0.05, 0.1) is 6.61 Å². The van der Waals surface area contributed by atoms with E-state index in [-0.39, 0.29) is 12.0 Å². The fourth-order valence-corrected chi connectivity index (χ4v) is 3.34. The van der Waals surface area contributed by atoms with Crippen LogP contribution in [0, 0.1) is 0 Å². The maximum Gasteiger partial charge on any atom is 0.122 e. The van der Waals surface area contributed by atoms with E-state index in [4.69, 9.17) is 33.8 Å². The highest BCUT2D eigenvalue weighted by atomic mass is 35.5. The number of rotatable bonds is 4. The lowest BCUT2D eigenvalue weighted by Gasteiger charge is -2.23. The van der Waals surface area contributed by atoms with E-state index >= 15 is 0 Å². The van der Waals surface area contributed by atoms with Crippen LogP contribution in [0.3, 0.4) is 0 Å². The molecule has 0 saturated carbocycles. The van der Waals surface area contributed by atoms with Crippen molar-refractivity contribution in [3.63, 3.8) is 0 Å². The quantitative estimate of drug-likeness (QED) is 0.668. The van der Waals surface area contributed by atoms with E-state index in [0.29, 0.717) is 23.1 Å². The number of benzene rings is 2.